The van der Waals surface area contributed by atoms with Gasteiger partial charge >= 0.3 is 0 Å². The largest absolute Gasteiger partial charge is 0.438 e. The maximum atomic E-state index is 12.5. The highest BCUT2D eigenvalue weighted by atomic mass is 16.6. The summed E-state index contributed by atoms with van der Waals surface area (Å²) in [7, 11) is 0. The van der Waals surface area contributed by atoms with Crippen LogP contribution in [0.2, 0.25) is 0 Å². The van der Waals surface area contributed by atoms with E-state index in [0.29, 0.717) is 37.8 Å². The van der Waals surface area contributed by atoms with Crippen molar-refractivity contribution in [1.29, 1.82) is 0 Å². The highest BCUT2D eigenvalue weighted by Crippen LogP contribution is 2.37. The molecule has 0 unspecified atom stereocenters. The van der Waals surface area contributed by atoms with Gasteiger partial charge in [0, 0.05) is 31.9 Å². The molecule has 2 saturated heterocycles. The van der Waals surface area contributed by atoms with Crippen LogP contribution in [0.5, 0.6) is 0 Å². The van der Waals surface area contributed by atoms with Gasteiger partial charge in [0.1, 0.15) is 0 Å². The summed E-state index contributed by atoms with van der Waals surface area (Å²) in [5, 5.41) is 0. The molecule has 2 aromatic heterocycles. The van der Waals surface area contributed by atoms with E-state index in [1.807, 2.05) is 17.0 Å². The number of aryl methyl sites for hydroxylation is 1. The molecule has 0 radical (unpaired) electrons. The van der Waals surface area contributed by atoms with Crippen LogP contribution in [0.3, 0.4) is 0 Å². The average Bonchev–Trinajstić information content (AvgIpc) is 3.27. The van der Waals surface area contributed by atoms with Gasteiger partial charge < -0.3 is 18.8 Å². The second-order valence-corrected chi connectivity index (χ2v) is 7.05. The van der Waals surface area contributed by atoms with Crippen LogP contribution in [0.15, 0.2) is 35.3 Å². The Morgan fingerprint density at radius 2 is 2.12 bits per heavy atom. The molecule has 26 heavy (non-hydrogen) atoms. The van der Waals surface area contributed by atoms with Crippen molar-refractivity contribution in [2.75, 3.05) is 19.7 Å². The number of hydrogen-bond donors (Lipinski definition) is 0. The van der Waals surface area contributed by atoms with Crippen molar-refractivity contribution < 1.29 is 18.7 Å². The first-order valence-corrected chi connectivity index (χ1v) is 8.99. The SMILES string of the molecule is Cc1ncoc1C(=O)N1CCC2(CC1)C[C@@H](OCc1ccncc1)CO2. The van der Waals surface area contributed by atoms with Crippen molar-refractivity contribution in [3.05, 3.63) is 47.9 Å². The van der Waals surface area contributed by atoms with E-state index in [1.165, 1.54) is 6.39 Å². The third kappa shape index (κ3) is 3.50. The van der Waals surface area contributed by atoms with Crippen LogP contribution in [0.4, 0.5) is 0 Å². The molecule has 4 heterocycles. The zero-order valence-electron chi connectivity index (χ0n) is 14.9. The monoisotopic (exact) mass is 357 g/mol. The lowest BCUT2D eigenvalue weighted by atomic mass is 9.88. The fourth-order valence-corrected chi connectivity index (χ4v) is 3.72. The van der Waals surface area contributed by atoms with E-state index in [9.17, 15) is 4.79 Å². The number of carbonyl (C=O) groups is 1. The number of likely N-dealkylation sites (tertiary alicyclic amines) is 1. The van der Waals surface area contributed by atoms with Gasteiger partial charge in [-0.05, 0) is 37.5 Å². The Bertz CT molecular complexity index is 753. The number of piperidine rings is 1. The molecule has 1 spiro atoms. The Morgan fingerprint density at radius 3 is 2.81 bits per heavy atom. The van der Waals surface area contributed by atoms with Crippen LogP contribution in [-0.4, -0.2) is 52.2 Å². The maximum Gasteiger partial charge on any atom is 0.291 e. The molecule has 1 amide bonds. The molecule has 7 nitrogen and oxygen atoms in total. The molecule has 0 N–H and O–H groups in total. The summed E-state index contributed by atoms with van der Waals surface area (Å²) in [5.41, 5.74) is 1.58. The van der Waals surface area contributed by atoms with Crippen LogP contribution < -0.4 is 0 Å². The summed E-state index contributed by atoms with van der Waals surface area (Å²) < 4.78 is 17.4. The van der Waals surface area contributed by atoms with Gasteiger partial charge in [-0.2, -0.15) is 0 Å². The molecular formula is C19H23N3O4. The molecule has 4 rings (SSSR count). The van der Waals surface area contributed by atoms with Crippen LogP contribution in [-0.2, 0) is 16.1 Å². The van der Waals surface area contributed by atoms with Crippen molar-refractivity contribution in [3.8, 4) is 0 Å². The molecule has 2 aliphatic heterocycles. The molecule has 2 aliphatic rings. The Labute approximate surface area is 152 Å². The van der Waals surface area contributed by atoms with Gasteiger partial charge in [0.2, 0.25) is 5.76 Å². The van der Waals surface area contributed by atoms with Crippen molar-refractivity contribution in [2.24, 2.45) is 0 Å². The quantitative estimate of drug-likeness (QED) is 0.836. The molecule has 2 aromatic rings. The summed E-state index contributed by atoms with van der Waals surface area (Å²) in [6.45, 7) is 4.29. The van der Waals surface area contributed by atoms with Gasteiger partial charge in [0.15, 0.2) is 6.39 Å². The minimum absolute atomic E-state index is 0.0849. The first-order chi connectivity index (χ1) is 12.7. The number of aromatic nitrogens is 2. The fraction of sp³-hybridized carbons (Fsp3) is 0.526. The second kappa shape index (κ2) is 7.17. The van der Waals surface area contributed by atoms with Crippen molar-refractivity contribution >= 4 is 5.91 Å². The third-order valence-corrected chi connectivity index (χ3v) is 5.31. The first-order valence-electron chi connectivity index (χ1n) is 8.99. The Hall–Kier alpha value is -2.25. The van der Waals surface area contributed by atoms with Crippen molar-refractivity contribution in [1.82, 2.24) is 14.9 Å². The molecule has 0 aliphatic carbocycles. The Kier molecular flexibility index (Phi) is 4.74. The molecule has 138 valence electrons. The van der Waals surface area contributed by atoms with Gasteiger partial charge in [0.05, 0.1) is 30.6 Å². The number of hydrogen-bond acceptors (Lipinski definition) is 6. The lowest BCUT2D eigenvalue weighted by Crippen LogP contribution is -2.46. The predicted molar refractivity (Wildman–Crippen MR) is 92.5 cm³/mol. The molecule has 1 atom stereocenters. The van der Waals surface area contributed by atoms with E-state index < -0.39 is 0 Å². The smallest absolute Gasteiger partial charge is 0.291 e. The second-order valence-electron chi connectivity index (χ2n) is 7.05. The number of ether oxygens (including phenoxy) is 2. The molecule has 0 saturated carbocycles. The molecular weight excluding hydrogens is 334 g/mol. The van der Waals surface area contributed by atoms with Gasteiger partial charge in [-0.1, -0.05) is 0 Å². The lowest BCUT2D eigenvalue weighted by molar-refractivity contribution is -0.0416. The first kappa shape index (κ1) is 17.2. The van der Waals surface area contributed by atoms with E-state index in [-0.39, 0.29) is 17.6 Å². The average molecular weight is 357 g/mol. The van der Waals surface area contributed by atoms with Crippen LogP contribution in [0.1, 0.15) is 41.1 Å². The predicted octanol–water partition coefficient (Wildman–Crippen LogP) is 2.36. The summed E-state index contributed by atoms with van der Waals surface area (Å²) in [6, 6.07) is 3.92. The molecule has 0 bridgehead atoms. The molecule has 0 aromatic carbocycles. The van der Waals surface area contributed by atoms with Gasteiger partial charge in [0.25, 0.3) is 5.91 Å². The minimum Gasteiger partial charge on any atom is -0.438 e. The molecule has 2 fully saturated rings. The normalized spacial score (nSPS) is 22.0. The maximum absolute atomic E-state index is 12.5. The van der Waals surface area contributed by atoms with Gasteiger partial charge in [-0.25, -0.2) is 4.98 Å². The van der Waals surface area contributed by atoms with Crippen LogP contribution in [0, 0.1) is 6.92 Å². The van der Waals surface area contributed by atoms with E-state index in [0.717, 1.165) is 24.8 Å². The van der Waals surface area contributed by atoms with Crippen molar-refractivity contribution in [3.63, 3.8) is 0 Å². The number of oxazole rings is 1. The minimum atomic E-state index is -0.170. The topological polar surface area (TPSA) is 77.7 Å². The summed E-state index contributed by atoms with van der Waals surface area (Å²) in [6.07, 6.45) is 7.48. The third-order valence-electron chi connectivity index (χ3n) is 5.31. The van der Waals surface area contributed by atoms with E-state index >= 15 is 0 Å². The van der Waals surface area contributed by atoms with E-state index in [1.54, 1.807) is 19.3 Å². The number of pyridine rings is 1. The van der Waals surface area contributed by atoms with Crippen LogP contribution in [0.25, 0.3) is 0 Å². The van der Waals surface area contributed by atoms with E-state index in [4.69, 9.17) is 13.9 Å². The highest BCUT2D eigenvalue weighted by molar-refractivity contribution is 5.92. The zero-order valence-corrected chi connectivity index (χ0v) is 14.9. The summed E-state index contributed by atoms with van der Waals surface area (Å²) in [5.74, 6) is 0.255. The number of carbonyl (C=O) groups excluding carboxylic acids is 1. The zero-order chi connectivity index (χ0) is 18.0. The highest BCUT2D eigenvalue weighted by Gasteiger charge is 2.44. The number of rotatable bonds is 4. The van der Waals surface area contributed by atoms with Gasteiger partial charge in [-0.3, -0.25) is 9.78 Å². The Balaban J connectivity index is 1.29. The molecule has 7 heteroatoms. The van der Waals surface area contributed by atoms with E-state index in [2.05, 4.69) is 9.97 Å². The lowest BCUT2D eigenvalue weighted by Gasteiger charge is -2.38. The fourth-order valence-electron chi connectivity index (χ4n) is 3.72. The standard InChI is InChI=1S/C19H23N3O4/c1-14-17(25-13-21-14)18(23)22-8-4-19(5-9-22)10-16(12-26-19)24-11-15-2-6-20-7-3-15/h2-3,6-7,13,16H,4-5,8-12H2,1H3/t16-/m1/s1. The number of nitrogens with zero attached hydrogens (tertiary/aromatic N) is 3. The summed E-state index contributed by atoms with van der Waals surface area (Å²) in [4.78, 5) is 22.4. The number of amides is 1. The summed E-state index contributed by atoms with van der Waals surface area (Å²) >= 11 is 0. The van der Waals surface area contributed by atoms with Crippen LogP contribution >= 0.6 is 0 Å². The van der Waals surface area contributed by atoms with Gasteiger partial charge in [-0.15, -0.1) is 0 Å². The van der Waals surface area contributed by atoms with Crippen molar-refractivity contribution in [2.45, 2.75) is 44.5 Å². The Morgan fingerprint density at radius 1 is 1.35 bits per heavy atom.